The van der Waals surface area contributed by atoms with E-state index in [1.54, 1.807) is 0 Å². The second-order valence-electron chi connectivity index (χ2n) is 7.96. The van der Waals surface area contributed by atoms with E-state index < -0.39 is 8.56 Å². The van der Waals surface area contributed by atoms with Crippen LogP contribution in [0.3, 0.4) is 0 Å². The third-order valence-electron chi connectivity index (χ3n) is 6.04. The Morgan fingerprint density at radius 1 is 0.950 bits per heavy atom. The lowest BCUT2D eigenvalue weighted by Crippen LogP contribution is -2.53. The quantitative estimate of drug-likeness (QED) is 0.658. The van der Waals surface area contributed by atoms with Crippen molar-refractivity contribution >= 4 is 8.56 Å². The number of hydrogen-bond donors (Lipinski definition) is 0. The Bertz CT molecular complexity index is 312. The van der Waals surface area contributed by atoms with Crippen molar-refractivity contribution < 1.29 is 8.85 Å². The van der Waals surface area contributed by atoms with Crippen LogP contribution in [0.2, 0.25) is 11.1 Å². The average Bonchev–Trinajstić information content (AvgIpc) is 2.41. The van der Waals surface area contributed by atoms with Gasteiger partial charge < -0.3 is 8.85 Å². The van der Waals surface area contributed by atoms with Gasteiger partial charge in [-0.25, -0.2) is 0 Å². The Balaban J connectivity index is 2.23. The molecule has 2 saturated carbocycles. The molecular formula is C17H34O2Si. The van der Waals surface area contributed by atoms with E-state index >= 15 is 0 Å². The van der Waals surface area contributed by atoms with Gasteiger partial charge in [-0.3, -0.25) is 0 Å². The van der Waals surface area contributed by atoms with Crippen molar-refractivity contribution in [1.82, 2.24) is 0 Å². The van der Waals surface area contributed by atoms with Gasteiger partial charge in [0.05, 0.1) is 0 Å². The van der Waals surface area contributed by atoms with Crippen LogP contribution in [-0.4, -0.2) is 22.8 Å². The van der Waals surface area contributed by atoms with Gasteiger partial charge in [0.25, 0.3) is 0 Å². The third-order valence-corrected chi connectivity index (χ3v) is 10.8. The average molecular weight is 299 g/mol. The summed E-state index contributed by atoms with van der Waals surface area (Å²) in [4.78, 5) is 0. The highest BCUT2D eigenvalue weighted by Crippen LogP contribution is 2.54. The van der Waals surface area contributed by atoms with Gasteiger partial charge in [0.2, 0.25) is 0 Å². The van der Waals surface area contributed by atoms with E-state index in [0.29, 0.717) is 16.5 Å². The fourth-order valence-corrected chi connectivity index (χ4v) is 10.0. The monoisotopic (exact) mass is 298 g/mol. The summed E-state index contributed by atoms with van der Waals surface area (Å²) in [5.74, 6) is 0.778. The summed E-state index contributed by atoms with van der Waals surface area (Å²) in [6.45, 7) is 7.28. The molecule has 0 amide bonds. The van der Waals surface area contributed by atoms with Crippen molar-refractivity contribution in [3.05, 3.63) is 0 Å². The molecule has 0 heterocycles. The van der Waals surface area contributed by atoms with E-state index in [4.69, 9.17) is 8.85 Å². The number of hydrogen-bond acceptors (Lipinski definition) is 2. The minimum Gasteiger partial charge on any atom is -0.397 e. The molecule has 0 aromatic heterocycles. The maximum atomic E-state index is 6.25. The van der Waals surface area contributed by atoms with E-state index in [0.717, 1.165) is 5.92 Å². The van der Waals surface area contributed by atoms with Crippen LogP contribution >= 0.6 is 0 Å². The molecule has 0 spiro atoms. The fraction of sp³-hybridized carbons (Fsp3) is 1.00. The Morgan fingerprint density at radius 3 is 2.15 bits per heavy atom. The van der Waals surface area contributed by atoms with E-state index in [2.05, 4.69) is 20.8 Å². The molecule has 0 aliphatic heterocycles. The summed E-state index contributed by atoms with van der Waals surface area (Å²) in [7, 11) is 1.76. The van der Waals surface area contributed by atoms with Gasteiger partial charge in [0.1, 0.15) is 0 Å². The molecule has 0 aromatic rings. The van der Waals surface area contributed by atoms with Crippen LogP contribution in [0.5, 0.6) is 0 Å². The molecule has 2 rings (SSSR count). The zero-order valence-electron chi connectivity index (χ0n) is 14.2. The highest BCUT2D eigenvalue weighted by Gasteiger charge is 2.54. The Labute approximate surface area is 126 Å². The van der Waals surface area contributed by atoms with Crippen molar-refractivity contribution in [2.75, 3.05) is 14.2 Å². The van der Waals surface area contributed by atoms with Gasteiger partial charge in [-0.1, -0.05) is 46.5 Å². The molecule has 2 aliphatic rings. The fourth-order valence-electron chi connectivity index (χ4n) is 4.98. The molecule has 0 saturated heterocycles. The largest absolute Gasteiger partial charge is 0.397 e. The molecule has 20 heavy (non-hydrogen) atoms. The minimum absolute atomic E-state index is 0.468. The lowest BCUT2D eigenvalue weighted by molar-refractivity contribution is 0.151. The van der Waals surface area contributed by atoms with E-state index in [9.17, 15) is 0 Å². The van der Waals surface area contributed by atoms with E-state index in [-0.39, 0.29) is 0 Å². The molecule has 0 N–H and O–H groups in total. The zero-order chi connectivity index (χ0) is 14.8. The van der Waals surface area contributed by atoms with Crippen LogP contribution < -0.4 is 0 Å². The summed E-state index contributed by atoms with van der Waals surface area (Å²) in [6, 6.07) is 0. The summed E-state index contributed by atoms with van der Waals surface area (Å²) >= 11 is 0. The molecule has 118 valence electrons. The van der Waals surface area contributed by atoms with Gasteiger partial charge in [-0.2, -0.15) is 0 Å². The maximum Gasteiger partial charge on any atom is 0.344 e. The molecule has 2 aliphatic carbocycles. The standard InChI is InChI=1S/C17H34O2Si/c1-14-9-6-7-11-16(14)20(18-4,19-5)15-10-8-12-17(2,3)13-15/h14-16H,6-13H2,1-5H3. The topological polar surface area (TPSA) is 18.5 Å². The summed E-state index contributed by atoms with van der Waals surface area (Å²) in [6.07, 6.45) is 10.8. The maximum absolute atomic E-state index is 6.25. The Morgan fingerprint density at radius 2 is 1.60 bits per heavy atom. The van der Waals surface area contributed by atoms with Crippen LogP contribution in [0.25, 0.3) is 0 Å². The molecule has 0 bridgehead atoms. The molecule has 3 unspecified atom stereocenters. The van der Waals surface area contributed by atoms with Crippen LogP contribution in [-0.2, 0) is 8.85 Å². The molecule has 2 fully saturated rings. The lowest BCUT2D eigenvalue weighted by atomic mass is 9.77. The molecular weight excluding hydrogens is 264 g/mol. The summed E-state index contributed by atoms with van der Waals surface area (Å²) in [5.41, 5.74) is 1.85. The summed E-state index contributed by atoms with van der Waals surface area (Å²) < 4.78 is 12.5. The van der Waals surface area contributed by atoms with Crippen LogP contribution in [0.4, 0.5) is 0 Å². The second-order valence-corrected chi connectivity index (χ2v) is 11.8. The van der Waals surface area contributed by atoms with Crippen molar-refractivity contribution in [2.24, 2.45) is 11.3 Å². The van der Waals surface area contributed by atoms with Crippen LogP contribution in [0.1, 0.15) is 72.1 Å². The predicted molar refractivity (Wildman–Crippen MR) is 87.2 cm³/mol. The zero-order valence-corrected chi connectivity index (χ0v) is 15.2. The first-order valence-corrected chi connectivity index (χ1v) is 10.5. The van der Waals surface area contributed by atoms with E-state index in [1.165, 1.54) is 51.4 Å². The SMILES string of the molecule is CO[Si](OC)(C1CCCC(C)(C)C1)C1CCCCC1C. The Kier molecular flexibility index (Phi) is 5.36. The first-order valence-electron chi connectivity index (χ1n) is 8.55. The molecule has 0 radical (unpaired) electrons. The lowest BCUT2D eigenvalue weighted by Gasteiger charge is -2.48. The molecule has 3 heteroatoms. The van der Waals surface area contributed by atoms with Crippen molar-refractivity contribution in [3.63, 3.8) is 0 Å². The van der Waals surface area contributed by atoms with Gasteiger partial charge in [0, 0.05) is 25.3 Å². The van der Waals surface area contributed by atoms with Gasteiger partial charge in [0.15, 0.2) is 0 Å². The summed E-state index contributed by atoms with van der Waals surface area (Å²) in [5, 5.41) is 0. The smallest absolute Gasteiger partial charge is 0.344 e. The second kappa shape index (κ2) is 6.49. The van der Waals surface area contributed by atoms with Crippen molar-refractivity contribution in [3.8, 4) is 0 Å². The highest BCUT2D eigenvalue weighted by molar-refractivity contribution is 6.70. The van der Waals surface area contributed by atoms with Crippen molar-refractivity contribution in [2.45, 2.75) is 83.2 Å². The highest BCUT2D eigenvalue weighted by atomic mass is 28.4. The molecule has 3 atom stereocenters. The normalized spacial score (nSPS) is 35.0. The third kappa shape index (κ3) is 3.15. The van der Waals surface area contributed by atoms with Crippen LogP contribution in [0, 0.1) is 11.3 Å². The minimum atomic E-state index is -2.09. The van der Waals surface area contributed by atoms with Crippen molar-refractivity contribution in [1.29, 1.82) is 0 Å². The van der Waals surface area contributed by atoms with E-state index in [1.807, 2.05) is 14.2 Å². The first-order chi connectivity index (χ1) is 9.45. The van der Waals surface area contributed by atoms with Crippen LogP contribution in [0.15, 0.2) is 0 Å². The molecule has 2 nitrogen and oxygen atoms in total. The number of rotatable bonds is 4. The van der Waals surface area contributed by atoms with Gasteiger partial charge in [-0.15, -0.1) is 0 Å². The Hall–Kier alpha value is 0.137. The van der Waals surface area contributed by atoms with Gasteiger partial charge in [-0.05, 0) is 37.0 Å². The molecule has 0 aromatic carbocycles. The van der Waals surface area contributed by atoms with Gasteiger partial charge >= 0.3 is 8.56 Å². The predicted octanol–water partition coefficient (Wildman–Crippen LogP) is 5.27. The first kappa shape index (κ1) is 16.5.